The van der Waals surface area contributed by atoms with Gasteiger partial charge in [0.1, 0.15) is 18.7 Å². The molecule has 1 aromatic rings. The van der Waals surface area contributed by atoms with Crippen molar-refractivity contribution in [2.24, 2.45) is 35.0 Å². The van der Waals surface area contributed by atoms with Gasteiger partial charge in [-0.3, -0.25) is 53.2 Å². The van der Waals surface area contributed by atoms with Crippen LogP contribution in [0.4, 0.5) is 4.79 Å². The van der Waals surface area contributed by atoms with E-state index in [0.29, 0.717) is 82.1 Å². The minimum absolute atomic E-state index is 0.0326. The molecule has 4 rings (SSSR count). The first-order valence-electron chi connectivity index (χ1n) is 30.6. The Kier molecular flexibility index (Phi) is 35.9. The van der Waals surface area contributed by atoms with E-state index in [1.54, 1.807) is 10.9 Å². The molecule has 29 heteroatoms. The number of aryl methyl sites for hydroxylation is 1. The molecule has 0 aliphatic carbocycles. The highest BCUT2D eigenvalue weighted by atomic mass is 32.2. The Labute approximate surface area is 509 Å². The summed E-state index contributed by atoms with van der Waals surface area (Å²) in [6.07, 6.45) is 7.52. The van der Waals surface area contributed by atoms with Gasteiger partial charge in [0.05, 0.1) is 75.3 Å². The van der Waals surface area contributed by atoms with Gasteiger partial charge in [0, 0.05) is 74.2 Å². The molecule has 4 heterocycles. The molecule has 86 heavy (non-hydrogen) atoms. The van der Waals surface area contributed by atoms with Crippen molar-refractivity contribution in [1.29, 1.82) is 5.41 Å². The standard InChI is InChI=1S/C55H93N15O13S.C2H6/c1-34(2)26-41-53(78)61-30-48(74)62-35(3)43(71)27-36(51(59)76)12-9-11-20-70-31-38(68-69-70)29-40(44(72)28-37(13-8-10-18-56)52(77)64-39(54(79)65-41)14-4-6-16-46(57)58)63-49(75)32-83-25-24-82-23-22-81-21-19-60-47(73)17-7-5-15-45-50-42(33-84-45)66-55(80)67-50;1-2/h31,34-37,39-42,45,50H,4-30,32-33,56H2,1-3H3,(H3,57,58)(H2,59,76)(H,60,73)(H,61,78)(H,62,74)(H,63,75)(H,64,77)(H,65,79)(H2,66,67,80);1-2H3/t35-,36+,37+,39-,40-,41-,42+,45+,50+;/m0./s1. The van der Waals surface area contributed by atoms with Gasteiger partial charge in [0.25, 0.3) is 0 Å². The van der Waals surface area contributed by atoms with Gasteiger partial charge in [-0.15, -0.1) is 5.10 Å². The van der Waals surface area contributed by atoms with E-state index in [2.05, 4.69) is 52.8 Å². The number of aromatic nitrogens is 3. The van der Waals surface area contributed by atoms with Crippen LogP contribution in [0.2, 0.25) is 0 Å². The Hall–Kier alpha value is -6.30. The fourth-order valence-electron chi connectivity index (χ4n) is 10.00. The number of nitrogens with two attached hydrogens (primary N) is 3. The van der Waals surface area contributed by atoms with Crippen LogP contribution in [-0.4, -0.2) is 186 Å². The maximum Gasteiger partial charge on any atom is 0.315 e. The molecule has 15 N–H and O–H groups in total. The van der Waals surface area contributed by atoms with Crippen LogP contribution in [-0.2, 0) is 70.3 Å². The van der Waals surface area contributed by atoms with Crippen molar-refractivity contribution in [2.45, 2.75) is 198 Å². The van der Waals surface area contributed by atoms with Gasteiger partial charge in [-0.05, 0) is 77.2 Å². The third kappa shape index (κ3) is 29.4. The number of ketones is 2. The largest absolute Gasteiger partial charge is 0.388 e. The van der Waals surface area contributed by atoms with Crippen LogP contribution in [0.15, 0.2) is 6.20 Å². The van der Waals surface area contributed by atoms with E-state index in [9.17, 15) is 47.9 Å². The molecule has 0 spiro atoms. The van der Waals surface area contributed by atoms with Crippen LogP contribution in [0.5, 0.6) is 0 Å². The topological polar surface area (TPSA) is 427 Å². The number of rotatable bonds is 29. The van der Waals surface area contributed by atoms with Gasteiger partial charge in [0.15, 0.2) is 11.6 Å². The molecule has 2 fully saturated rings. The third-order valence-corrected chi connectivity index (χ3v) is 16.2. The Morgan fingerprint density at radius 2 is 1.45 bits per heavy atom. The van der Waals surface area contributed by atoms with Gasteiger partial charge in [-0.25, -0.2) is 4.79 Å². The van der Waals surface area contributed by atoms with Crippen LogP contribution in [0.3, 0.4) is 0 Å². The van der Waals surface area contributed by atoms with E-state index in [0.717, 1.165) is 25.0 Å². The van der Waals surface area contributed by atoms with Gasteiger partial charge in [-0.1, -0.05) is 58.6 Å². The number of fused-ring (bicyclic) bond motifs is 3. The van der Waals surface area contributed by atoms with E-state index < -0.39 is 96.2 Å². The van der Waals surface area contributed by atoms with Crippen molar-refractivity contribution in [3.05, 3.63) is 11.9 Å². The summed E-state index contributed by atoms with van der Waals surface area (Å²) in [6, 6.07) is -4.37. The molecule has 0 unspecified atom stereocenters. The number of Topliss-reactive ketones (excluding diaryl/α,β-unsaturated/α-hetero) is 2. The van der Waals surface area contributed by atoms with Crippen LogP contribution >= 0.6 is 11.8 Å². The molecule has 0 saturated carbocycles. The zero-order valence-corrected chi connectivity index (χ0v) is 52.0. The second-order valence-electron chi connectivity index (χ2n) is 22.2. The zero-order valence-electron chi connectivity index (χ0n) is 51.1. The van der Waals surface area contributed by atoms with E-state index >= 15 is 0 Å². The minimum Gasteiger partial charge on any atom is -0.388 e. The monoisotopic (exact) mass is 1230 g/mol. The number of nitrogens with one attached hydrogen (secondary N) is 9. The first kappa shape index (κ1) is 74.0. The number of hydrogen-bond acceptors (Lipinski definition) is 18. The number of hydrogen-bond donors (Lipinski definition) is 12. The Morgan fingerprint density at radius 3 is 2.16 bits per heavy atom. The Bertz CT molecular complexity index is 2330. The lowest BCUT2D eigenvalue weighted by Gasteiger charge is -2.26. The number of carbonyl (C=O) groups excluding carboxylic acids is 10. The smallest absolute Gasteiger partial charge is 0.315 e. The molecule has 486 valence electrons. The lowest BCUT2D eigenvalue weighted by atomic mass is 9.90. The fraction of sp³-hybridized carbons (Fsp3) is 0.772. The number of amidine groups is 1. The number of nitrogens with zero attached hydrogens (tertiary/aromatic N) is 3. The van der Waals surface area contributed by atoms with Crippen molar-refractivity contribution < 1.29 is 62.2 Å². The van der Waals surface area contributed by atoms with Gasteiger partial charge < -0.3 is 73.9 Å². The number of carbonyl (C=O) groups is 10. The lowest BCUT2D eigenvalue weighted by Crippen LogP contribution is -2.55. The van der Waals surface area contributed by atoms with Gasteiger partial charge >= 0.3 is 6.03 Å². The van der Waals surface area contributed by atoms with Gasteiger partial charge in [0.2, 0.25) is 41.4 Å². The Balaban J connectivity index is 0.00000957. The molecule has 28 nitrogen and oxygen atoms in total. The highest BCUT2D eigenvalue weighted by molar-refractivity contribution is 8.00. The molecular formula is C57H99N15O13S. The van der Waals surface area contributed by atoms with Crippen LogP contribution in [0.1, 0.15) is 149 Å². The lowest BCUT2D eigenvalue weighted by molar-refractivity contribution is -0.136. The molecule has 2 saturated heterocycles. The second-order valence-corrected chi connectivity index (χ2v) is 23.5. The number of amides is 9. The number of primary amides is 1. The van der Waals surface area contributed by atoms with Crippen LogP contribution < -0.4 is 59.7 Å². The van der Waals surface area contributed by atoms with E-state index in [1.165, 1.54) is 6.92 Å². The highest BCUT2D eigenvalue weighted by Gasteiger charge is 2.42. The summed E-state index contributed by atoms with van der Waals surface area (Å²) in [5.41, 5.74) is 17.5. The number of ether oxygens (including phenoxy) is 3. The molecule has 2 bridgehead atoms. The fourth-order valence-corrected chi connectivity index (χ4v) is 11.5. The average molecular weight is 1230 g/mol. The number of thioether (sulfide) groups is 1. The summed E-state index contributed by atoms with van der Waals surface area (Å²) >= 11 is 1.85. The molecule has 0 radical (unpaired) electrons. The summed E-state index contributed by atoms with van der Waals surface area (Å²) in [5.74, 6) is -6.12. The van der Waals surface area contributed by atoms with Crippen molar-refractivity contribution in [2.75, 3.05) is 65.0 Å². The summed E-state index contributed by atoms with van der Waals surface area (Å²) in [5, 5.41) is 38.7. The molecule has 9 atom stereocenters. The van der Waals surface area contributed by atoms with Gasteiger partial charge in [-0.2, -0.15) is 11.8 Å². The highest BCUT2D eigenvalue weighted by Crippen LogP contribution is 2.33. The number of urea groups is 1. The molecule has 9 amide bonds. The molecule has 3 aliphatic rings. The maximum absolute atomic E-state index is 14.5. The first-order chi connectivity index (χ1) is 41.2. The number of unbranched alkanes of at least 4 members (excludes halogenated alkanes) is 3. The molecule has 1 aromatic heterocycles. The second kappa shape index (κ2) is 41.7. The zero-order chi connectivity index (χ0) is 63.4. The summed E-state index contributed by atoms with van der Waals surface area (Å²) in [6.45, 7) is 10.1. The summed E-state index contributed by atoms with van der Waals surface area (Å²) in [4.78, 5) is 133. The van der Waals surface area contributed by atoms with Crippen molar-refractivity contribution in [1.82, 2.24) is 57.5 Å². The predicted molar refractivity (Wildman–Crippen MR) is 323 cm³/mol. The van der Waals surface area contributed by atoms with E-state index in [1.807, 2.05) is 39.5 Å². The molecule has 0 aromatic carbocycles. The Morgan fingerprint density at radius 1 is 0.767 bits per heavy atom. The average Bonchev–Trinajstić information content (AvgIpc) is 4.33. The maximum atomic E-state index is 14.5. The SMILES string of the molecule is CC.CC(C)C[C@@H]1NC(=O)[C@H](CCCCC(=N)N)NC(=O)[C@H](CCCCN)CC(=O)[C@@H](NC(=O)COCCOCCOCCNC(=O)CCCC[C@H]2SC[C@H]3NC(=O)N[C@H]32)Cc2cn(nn2)CCCC[C@@H](C(N)=O)CC(=O)[C@H](C)NC(=O)CNC1=O. The third-order valence-electron chi connectivity index (χ3n) is 14.7. The predicted octanol–water partition coefficient (Wildman–Crippen LogP) is 0.305. The van der Waals surface area contributed by atoms with E-state index in [-0.39, 0.29) is 114 Å². The first-order valence-corrected chi connectivity index (χ1v) is 31.7. The quantitative estimate of drug-likeness (QED) is 0.0222. The van der Waals surface area contributed by atoms with E-state index in [4.69, 9.17) is 36.8 Å². The van der Waals surface area contributed by atoms with Crippen molar-refractivity contribution in [3.63, 3.8) is 0 Å². The normalized spacial score (nSPS) is 23.9. The summed E-state index contributed by atoms with van der Waals surface area (Å²) in [7, 11) is 0. The molecular weight excluding hydrogens is 1130 g/mol. The van der Waals surface area contributed by atoms with Crippen LogP contribution in [0.25, 0.3) is 0 Å². The minimum atomic E-state index is -1.21. The summed E-state index contributed by atoms with van der Waals surface area (Å²) < 4.78 is 18.3. The van der Waals surface area contributed by atoms with Crippen LogP contribution in [0, 0.1) is 23.2 Å². The van der Waals surface area contributed by atoms with Crippen molar-refractivity contribution in [3.8, 4) is 0 Å². The van der Waals surface area contributed by atoms with Crippen molar-refractivity contribution >= 4 is 76.5 Å². The molecule has 3 aliphatic heterocycles.